The fourth-order valence-corrected chi connectivity index (χ4v) is 5.60. The smallest absolute Gasteiger partial charge is 0.255 e. The second-order valence-corrected chi connectivity index (χ2v) is 9.06. The SMILES string of the molecule is CN(C)C1C(=O)C(C(N)=O)=C(O)C2(O)C(=O)C3=C(O)c4c(O)cccc4C(C)(O)C3[C@H](O)C12. The second kappa shape index (κ2) is 6.87. The van der Waals surface area contributed by atoms with E-state index in [1.165, 1.54) is 44.1 Å². The Balaban J connectivity index is 2.11. The van der Waals surface area contributed by atoms with Crippen LogP contribution in [0.2, 0.25) is 0 Å². The fraction of sp³-hybridized carbons (Fsp3) is 0.409. The van der Waals surface area contributed by atoms with Gasteiger partial charge in [0.2, 0.25) is 5.78 Å². The number of fused-ring (bicyclic) bond motifs is 3. The highest BCUT2D eigenvalue weighted by atomic mass is 16.4. The van der Waals surface area contributed by atoms with Crippen molar-refractivity contribution in [1.29, 1.82) is 0 Å². The number of rotatable bonds is 2. The zero-order valence-corrected chi connectivity index (χ0v) is 18.0. The lowest BCUT2D eigenvalue weighted by atomic mass is 9.53. The van der Waals surface area contributed by atoms with Gasteiger partial charge < -0.3 is 36.4 Å². The van der Waals surface area contributed by atoms with Crippen molar-refractivity contribution in [3.05, 3.63) is 46.2 Å². The average molecular weight is 460 g/mol. The van der Waals surface area contributed by atoms with Gasteiger partial charge in [0.25, 0.3) is 5.91 Å². The Hall–Kier alpha value is -3.25. The molecule has 1 saturated carbocycles. The van der Waals surface area contributed by atoms with Crippen molar-refractivity contribution < 1.29 is 45.0 Å². The largest absolute Gasteiger partial charge is 0.508 e. The molecule has 0 bridgehead atoms. The number of phenols is 1. The lowest BCUT2D eigenvalue weighted by Crippen LogP contribution is -2.71. The summed E-state index contributed by atoms with van der Waals surface area (Å²) in [6.07, 6.45) is -1.87. The number of aromatic hydroxyl groups is 1. The molecule has 6 atom stereocenters. The van der Waals surface area contributed by atoms with E-state index in [2.05, 4.69) is 0 Å². The molecule has 0 saturated heterocycles. The Morgan fingerprint density at radius 3 is 2.27 bits per heavy atom. The van der Waals surface area contributed by atoms with E-state index in [1.54, 1.807) is 0 Å². The predicted molar refractivity (Wildman–Crippen MR) is 112 cm³/mol. The monoisotopic (exact) mass is 460 g/mol. The molecule has 33 heavy (non-hydrogen) atoms. The van der Waals surface area contributed by atoms with Crippen molar-refractivity contribution in [1.82, 2.24) is 4.90 Å². The van der Waals surface area contributed by atoms with Gasteiger partial charge in [-0.3, -0.25) is 19.3 Å². The van der Waals surface area contributed by atoms with Gasteiger partial charge in [0, 0.05) is 0 Å². The summed E-state index contributed by atoms with van der Waals surface area (Å²) in [5.74, 6) is -9.67. The highest BCUT2D eigenvalue weighted by Gasteiger charge is 2.70. The zero-order valence-electron chi connectivity index (χ0n) is 18.0. The Bertz CT molecular complexity index is 1180. The molecule has 0 radical (unpaired) electrons. The first kappa shape index (κ1) is 22.9. The normalized spacial score (nSPS) is 36.0. The third-order valence-corrected chi connectivity index (χ3v) is 7.03. The molecular weight excluding hydrogens is 436 g/mol. The number of aliphatic hydroxyl groups excluding tert-OH is 3. The maximum atomic E-state index is 13.7. The summed E-state index contributed by atoms with van der Waals surface area (Å²) in [7, 11) is 2.80. The fourth-order valence-electron chi connectivity index (χ4n) is 5.60. The molecule has 1 aromatic rings. The molecular formula is C22H24N2O9. The molecule has 1 aromatic carbocycles. The van der Waals surface area contributed by atoms with E-state index in [-0.39, 0.29) is 11.1 Å². The lowest BCUT2D eigenvalue weighted by Gasteiger charge is -2.55. The molecule has 11 nitrogen and oxygen atoms in total. The first-order valence-corrected chi connectivity index (χ1v) is 10.1. The van der Waals surface area contributed by atoms with Crippen LogP contribution in [-0.4, -0.2) is 84.9 Å². The lowest BCUT2D eigenvalue weighted by molar-refractivity contribution is -0.181. The van der Waals surface area contributed by atoms with Crippen LogP contribution in [0.3, 0.4) is 0 Å². The molecule has 0 heterocycles. The number of carbonyl (C=O) groups is 3. The third kappa shape index (κ3) is 2.61. The Labute approximate surface area is 187 Å². The Morgan fingerprint density at radius 1 is 1.12 bits per heavy atom. The van der Waals surface area contributed by atoms with E-state index >= 15 is 0 Å². The summed E-state index contributed by atoms with van der Waals surface area (Å²) in [5, 5.41) is 66.3. The predicted octanol–water partition coefficient (Wildman–Crippen LogP) is -1.40. The highest BCUT2D eigenvalue weighted by Crippen LogP contribution is 2.57. The minimum atomic E-state index is -3.02. The van der Waals surface area contributed by atoms with Crippen LogP contribution >= 0.6 is 0 Å². The van der Waals surface area contributed by atoms with Gasteiger partial charge in [-0.1, -0.05) is 12.1 Å². The number of Topliss-reactive ketones (excluding diaryl/α,β-unsaturated/α-hetero) is 2. The van der Waals surface area contributed by atoms with Gasteiger partial charge in [-0.2, -0.15) is 0 Å². The molecule has 3 aliphatic carbocycles. The standard InChI is InChI=1S/C22H24N2O9/c1-21(32)7-5-4-6-8(25)9(7)15(26)10-12(21)17(28)13-14(24(2)3)16(27)11(20(23)31)19(30)22(13,33)18(10)29/h4-6,12-14,17,25-26,28,30,32-33H,1-3H3,(H2,23,31)/t12?,13?,14?,17-,21?,22?/m0/s1. The molecule has 176 valence electrons. The van der Waals surface area contributed by atoms with Gasteiger partial charge >= 0.3 is 0 Å². The van der Waals surface area contributed by atoms with Crippen molar-refractivity contribution in [2.24, 2.45) is 17.6 Å². The highest BCUT2D eigenvalue weighted by molar-refractivity contribution is 6.24. The van der Waals surface area contributed by atoms with Crippen molar-refractivity contribution >= 4 is 23.2 Å². The first-order chi connectivity index (χ1) is 15.2. The van der Waals surface area contributed by atoms with E-state index in [0.29, 0.717) is 0 Å². The van der Waals surface area contributed by atoms with E-state index in [1.807, 2.05) is 0 Å². The number of nitrogens with zero attached hydrogens (tertiary/aromatic N) is 1. The average Bonchev–Trinajstić information content (AvgIpc) is 2.70. The van der Waals surface area contributed by atoms with Crippen molar-refractivity contribution in [3.63, 3.8) is 0 Å². The topological polar surface area (TPSA) is 202 Å². The number of primary amides is 1. The number of carbonyl (C=O) groups excluding carboxylic acids is 3. The molecule has 1 fully saturated rings. The number of likely N-dealkylation sites (N-methyl/N-ethyl adjacent to an activating group) is 1. The van der Waals surface area contributed by atoms with Gasteiger partial charge in [0.15, 0.2) is 11.4 Å². The van der Waals surface area contributed by atoms with Gasteiger partial charge in [0.1, 0.15) is 22.8 Å². The molecule has 5 unspecified atom stereocenters. The first-order valence-electron chi connectivity index (χ1n) is 10.1. The molecule has 11 heteroatoms. The van der Waals surface area contributed by atoms with Crippen LogP contribution in [0.4, 0.5) is 0 Å². The summed E-state index contributed by atoms with van der Waals surface area (Å²) in [5.41, 5.74) is -1.78. The molecule has 8 N–H and O–H groups in total. The number of hydrogen-bond donors (Lipinski definition) is 7. The maximum Gasteiger partial charge on any atom is 0.255 e. The Kier molecular flexibility index (Phi) is 4.78. The second-order valence-electron chi connectivity index (χ2n) is 9.06. The van der Waals surface area contributed by atoms with Gasteiger partial charge in [-0.25, -0.2) is 0 Å². The maximum absolute atomic E-state index is 13.7. The molecule has 0 aliphatic heterocycles. The third-order valence-electron chi connectivity index (χ3n) is 7.03. The molecule has 1 amide bonds. The minimum Gasteiger partial charge on any atom is -0.508 e. The quantitative estimate of drug-likeness (QED) is 0.257. The van der Waals surface area contributed by atoms with E-state index < -0.39 is 81.1 Å². The number of phenolic OH excluding ortho intramolecular Hbond substituents is 1. The number of aliphatic hydroxyl groups is 5. The van der Waals surface area contributed by atoms with Crippen molar-refractivity contribution in [2.45, 2.75) is 30.3 Å². The Morgan fingerprint density at radius 2 is 1.73 bits per heavy atom. The van der Waals surface area contributed by atoms with Gasteiger partial charge in [0.05, 0.1) is 40.7 Å². The molecule has 0 spiro atoms. The summed E-state index contributed by atoms with van der Waals surface area (Å²) in [4.78, 5) is 39.9. The zero-order chi connectivity index (χ0) is 24.8. The van der Waals surface area contributed by atoms with Crippen molar-refractivity contribution in [3.8, 4) is 5.75 Å². The molecule has 4 rings (SSSR count). The number of nitrogens with two attached hydrogens (primary N) is 1. The summed E-state index contributed by atoms with van der Waals surface area (Å²) in [6, 6.07) is 2.50. The summed E-state index contributed by atoms with van der Waals surface area (Å²) >= 11 is 0. The van der Waals surface area contributed by atoms with Crippen LogP contribution < -0.4 is 5.73 Å². The van der Waals surface area contributed by atoms with Crippen LogP contribution in [0.1, 0.15) is 18.1 Å². The number of ketones is 2. The number of hydrogen-bond acceptors (Lipinski definition) is 10. The molecule has 0 aromatic heterocycles. The summed E-state index contributed by atoms with van der Waals surface area (Å²) < 4.78 is 0. The van der Waals surface area contributed by atoms with Crippen LogP contribution in [0.5, 0.6) is 5.75 Å². The van der Waals surface area contributed by atoms with E-state index in [0.717, 1.165) is 0 Å². The van der Waals surface area contributed by atoms with Crippen LogP contribution in [-0.2, 0) is 20.0 Å². The number of amides is 1. The summed E-state index contributed by atoms with van der Waals surface area (Å²) in [6.45, 7) is 1.25. The van der Waals surface area contributed by atoms with E-state index in [4.69, 9.17) is 5.73 Å². The van der Waals surface area contributed by atoms with E-state index in [9.17, 15) is 45.0 Å². The van der Waals surface area contributed by atoms with Gasteiger partial charge in [-0.05, 0) is 32.6 Å². The number of benzene rings is 1. The van der Waals surface area contributed by atoms with Gasteiger partial charge in [-0.15, -0.1) is 0 Å². The van der Waals surface area contributed by atoms with Crippen LogP contribution in [0, 0.1) is 11.8 Å². The van der Waals surface area contributed by atoms with Crippen LogP contribution in [0.15, 0.2) is 35.1 Å². The molecule has 3 aliphatic rings. The minimum absolute atomic E-state index is 0.00664. The van der Waals surface area contributed by atoms with Crippen LogP contribution in [0.25, 0.3) is 5.76 Å². The van der Waals surface area contributed by atoms with Crippen molar-refractivity contribution in [2.75, 3.05) is 14.1 Å².